The lowest BCUT2D eigenvalue weighted by Crippen LogP contribution is -2.51. The number of carbonyl (C=O) groups excluding carboxylic acids is 4. The third-order valence-electron chi connectivity index (χ3n) is 19.2. The molecule has 4 aromatic carbocycles. The van der Waals surface area contributed by atoms with Crippen LogP contribution >= 0.6 is 0 Å². The van der Waals surface area contributed by atoms with Crippen LogP contribution in [0.15, 0.2) is 48.3 Å². The monoisotopic (exact) mass is 1740 g/mol. The van der Waals surface area contributed by atoms with Crippen LogP contribution in [0.2, 0.25) is 0 Å². The number of nitrogens with two attached hydrogens (primary N) is 4. The summed E-state index contributed by atoms with van der Waals surface area (Å²) in [6.07, 6.45) is -48.5. The van der Waals surface area contributed by atoms with E-state index in [2.05, 4.69) is 0 Å². The average Bonchev–Trinajstić information content (AvgIpc) is 0.655. The summed E-state index contributed by atoms with van der Waals surface area (Å²) in [7, 11) is -8.66. The van der Waals surface area contributed by atoms with Gasteiger partial charge in [0.2, 0.25) is 0 Å². The first-order valence-electron chi connectivity index (χ1n) is 71.9. The number of nitrogens with zero attached hydrogens (tertiary/aromatic N) is 4. The fourth-order valence-corrected chi connectivity index (χ4v) is 12.5. The van der Waals surface area contributed by atoms with Crippen molar-refractivity contribution in [2.75, 3.05) is 109 Å². The maximum Gasteiger partial charge on any atom is 0.323 e. The van der Waals surface area contributed by atoms with Crippen molar-refractivity contribution in [3.8, 4) is 46.0 Å². The molecule has 20 atom stereocenters. The molecule has 0 amide bonds. The molecule has 120 heavy (non-hydrogen) atoms. The Morgan fingerprint density at radius 1 is 0.367 bits per heavy atom. The Kier molecular flexibility index (Phi) is 14.5. The first-order valence-corrected chi connectivity index (χ1v) is 37.9. The van der Waals surface area contributed by atoms with Gasteiger partial charge in [0.15, 0.2) is 46.0 Å². The van der Waals surface area contributed by atoms with Gasteiger partial charge in [0.05, 0.1) is 89.5 Å². The summed E-state index contributed by atoms with van der Waals surface area (Å²) in [6.45, 7) is -17.8. The minimum atomic E-state index is -4.17. The van der Waals surface area contributed by atoms with E-state index in [1.54, 1.807) is 0 Å². The van der Waals surface area contributed by atoms with Crippen molar-refractivity contribution in [2.45, 2.75) is 260 Å². The van der Waals surface area contributed by atoms with Crippen molar-refractivity contribution in [3.05, 3.63) is 92.8 Å². The third kappa shape index (κ3) is 23.8. The number of esters is 4. The van der Waals surface area contributed by atoms with Gasteiger partial charge in [0.1, 0.15) is 48.5 Å². The number of methoxy groups -OCH3 is 8. The zero-order valence-corrected chi connectivity index (χ0v) is 69.2. The van der Waals surface area contributed by atoms with Gasteiger partial charge in [-0.3, -0.25) is 38.8 Å². The number of ether oxygens (including phenoxy) is 12. The summed E-state index contributed by atoms with van der Waals surface area (Å²) in [5.74, 6) is -44.6. The molecule has 4 saturated heterocycles. The lowest BCUT2D eigenvalue weighted by molar-refractivity contribution is -0.161. The Hall–Kier alpha value is -7.16. The predicted octanol–water partition coefficient (Wildman–Crippen LogP) is 14.3. The molecule has 4 aromatic rings. The third-order valence-corrected chi connectivity index (χ3v) is 19.2. The van der Waals surface area contributed by atoms with Crippen LogP contribution < -0.4 is 60.8 Å². The quantitative estimate of drug-likeness (QED) is 0.0303. The molecule has 0 spiro atoms. The molecule has 4 fully saturated rings. The highest BCUT2D eigenvalue weighted by Crippen LogP contribution is 2.50. The van der Waals surface area contributed by atoms with E-state index in [0.29, 0.717) is 47.3 Å². The van der Waals surface area contributed by atoms with Crippen LogP contribution in [-0.4, -0.2) is 201 Å². The molecule has 672 valence electrons. The summed E-state index contributed by atoms with van der Waals surface area (Å²) in [6, 6.07) is -21.3. The smallest absolute Gasteiger partial charge is 0.323 e. The molecule has 8 heterocycles. The van der Waals surface area contributed by atoms with Gasteiger partial charge >= 0.3 is 23.9 Å². The van der Waals surface area contributed by atoms with Gasteiger partial charge in [-0.1, -0.05) is 110 Å². The maximum absolute atomic E-state index is 13.4. The number of rotatable bonds is 28. The molecule has 8 aliphatic heterocycles. The standard InChI is InChI=1S/4C24H38N2O4/c4*1-14(2)9-17-13-26-8-7-16-10-21(28-5)22(29-6)11-18(16)19(26)12-20(17)30-24(27)23(25)15(3)4/h4*10-11,14-15,17,19-20,23H,7-9,12-13,25H2,1-6H3/t4*17?,19?,20?,23-/m0000/s1/i1D3,5D3,6D3,9D2,10D,11D,12D2,13D2,14D,17D,20D;1D3,6D3,9D2,10D,11D,12D2,13D2,14D,17D,20D;1D3,5D3,9D2,10D,11D,12D2,13D2,14D,17D,20D;1D3,9D2,10D,11D,12D2,13D2,14D,17D,20D/t4*14?,17?,19?,20?,23-. The fraction of sp³-hybridized carbons (Fsp3) is 0.708. The highest BCUT2D eigenvalue weighted by molar-refractivity contribution is 5.77. The number of benzene rings is 4. The van der Waals surface area contributed by atoms with Crippen molar-refractivity contribution in [1.29, 1.82) is 0 Å². The zero-order chi connectivity index (χ0) is 148. The second kappa shape index (κ2) is 43.9. The highest BCUT2D eigenvalue weighted by Gasteiger charge is 2.47. The van der Waals surface area contributed by atoms with Gasteiger partial charge in [0, 0.05) is 186 Å². The van der Waals surface area contributed by atoms with Gasteiger partial charge < -0.3 is 79.8 Å². The van der Waals surface area contributed by atoms with Gasteiger partial charge in [-0.2, -0.15) is 0 Å². The fourth-order valence-electron chi connectivity index (χ4n) is 12.5. The average molecular weight is 1740 g/mol. The van der Waals surface area contributed by atoms with Crippen LogP contribution in [-0.2, 0) is 63.8 Å². The second-order valence-electron chi connectivity index (χ2n) is 29.4. The normalized spacial score (nSPS) is 44.7. The number of hydrogen-bond acceptors (Lipinski definition) is 24. The predicted molar refractivity (Wildman–Crippen MR) is 471 cm³/mol. The van der Waals surface area contributed by atoms with Crippen LogP contribution in [0.3, 0.4) is 0 Å². The Bertz CT molecular complexity index is 7330. The molecular formula is C96H152N8O16. The van der Waals surface area contributed by atoms with Crippen LogP contribution in [0.4, 0.5) is 0 Å². The van der Waals surface area contributed by atoms with Crippen molar-refractivity contribution < 1.29 is 169 Å². The number of carbonyl (C=O) groups is 4. The maximum atomic E-state index is 13.4. The molecule has 8 aliphatic rings. The molecule has 12 rings (SSSR count). The Balaban J connectivity index is 0.000000273. The minimum absolute atomic E-state index is 0.0226. The first-order chi connectivity index (χ1) is 83.3. The largest absolute Gasteiger partial charge is 0.493 e. The van der Waals surface area contributed by atoms with E-state index in [4.69, 9.17) is 140 Å². The number of piperidine rings is 4. The molecule has 0 radical (unpaired) electrons. The summed E-state index contributed by atoms with van der Waals surface area (Å²) in [4.78, 5) is 55.6. The van der Waals surface area contributed by atoms with E-state index in [9.17, 15) is 52.1 Å². The van der Waals surface area contributed by atoms with Gasteiger partial charge in [-0.15, -0.1) is 0 Å². The van der Waals surface area contributed by atoms with Crippen LogP contribution in [0, 0.1) is 70.8 Å². The van der Waals surface area contributed by atoms with Gasteiger partial charge in [-0.25, -0.2) is 0 Å². The van der Waals surface area contributed by atoms with E-state index >= 15 is 0 Å². The molecule has 24 heteroatoms. The molecular weight excluding hydrogens is 1520 g/mol. The second-order valence-corrected chi connectivity index (χ2v) is 29.4. The lowest BCUT2D eigenvalue weighted by atomic mass is 9.79. The molecule has 8 N–H and O–H groups in total. The summed E-state index contributed by atoms with van der Waals surface area (Å²) in [5, 5.41) is 0. The topological polar surface area (TPSA) is 296 Å². The Morgan fingerprint density at radius 3 is 0.742 bits per heavy atom. The van der Waals surface area contributed by atoms with E-state index in [0.717, 1.165) is 21.3 Å². The zero-order valence-electron chi connectivity index (χ0n) is 137. The van der Waals surface area contributed by atoms with Crippen molar-refractivity contribution in [2.24, 2.45) is 93.8 Å². The molecule has 16 unspecified atom stereocenters. The molecule has 24 nitrogen and oxygen atoms in total. The number of fused-ring (bicyclic) bond motifs is 12. The van der Waals surface area contributed by atoms with Crippen LogP contribution in [0.1, 0.15) is 323 Å². The SMILES string of the molecule is [2H]c1c2c(c([2H])c(OC([2H])([2H])[2H])c1OC([2H])([2H])[2H])C1N(CC2)C([2H])([2H])C([2H])(C([2H])([2H])C([2H])(C)C([2H])([2H])[2H])C([2H])(OC(=O)[C@@H](N)C(C)C)C1([2H])[2H].[2H]c1c2c(c([2H])c(OC([2H])([2H])[2H])c1OC)C1N(CC2)C([2H])([2H])C([2H])(C([2H])([2H])C([2H])(C)C([2H])([2H])[2H])C([2H])(OC(=O)[C@@H](N)C(C)C)C1([2H])[2H].[2H]c1c2c(c([2H])c(OC)c1OC([2H])([2H])[2H])C1N(CC2)C([2H])([2H])C([2H])(C([2H])([2H])C([2H])(C)C([2H])([2H])[2H])C([2H])(OC(=O)[C@@H](N)C(C)C)C1([2H])[2H].[2H]c1c2c(c([2H])c(OC)c1OC)C1N(CC2)C([2H])([2H])C([2H])(C([2H])([2H])C([2H])(C)C([2H])([2H])[2H])C([2H])(OC(=O)[C@@H](N)C(C)C)C1([2H])[2H]. The van der Waals surface area contributed by atoms with Crippen molar-refractivity contribution in [3.63, 3.8) is 0 Å². The summed E-state index contributed by atoms with van der Waals surface area (Å²) < 4.78 is 646. The minimum Gasteiger partial charge on any atom is -0.493 e. The first kappa shape index (κ1) is 39.6. The Labute approximate surface area is 814 Å². The van der Waals surface area contributed by atoms with Crippen molar-refractivity contribution >= 4 is 23.9 Å². The summed E-state index contributed by atoms with van der Waals surface area (Å²) >= 11 is 0. The molecule has 0 aromatic heterocycles. The summed E-state index contributed by atoms with van der Waals surface area (Å²) in [5.41, 5.74) is 20.6. The van der Waals surface area contributed by atoms with Crippen LogP contribution in [0.25, 0.3) is 0 Å². The van der Waals surface area contributed by atoms with E-state index < -0.39 is 438 Å². The number of hydrogen-bond donors (Lipinski definition) is 4. The van der Waals surface area contributed by atoms with Crippen LogP contribution in [0.5, 0.6) is 46.0 Å². The molecule has 0 saturated carbocycles. The van der Waals surface area contributed by atoms with E-state index in [1.165, 1.54) is 62.5 Å². The van der Waals surface area contributed by atoms with E-state index in [-0.39, 0.29) is 52.6 Å². The Morgan fingerprint density at radius 2 is 0.558 bits per heavy atom. The van der Waals surface area contributed by atoms with E-state index in [1.807, 2.05) is 0 Å². The lowest BCUT2D eigenvalue weighted by Gasteiger charge is -2.47. The van der Waals surface area contributed by atoms with Crippen molar-refractivity contribution in [1.82, 2.24) is 19.6 Å². The molecule has 0 bridgehead atoms. The van der Waals surface area contributed by atoms with Gasteiger partial charge in [-0.05, 0) is 191 Å². The molecule has 0 aliphatic carbocycles. The van der Waals surface area contributed by atoms with Gasteiger partial charge in [0.25, 0.3) is 0 Å². The highest BCUT2D eigenvalue weighted by atomic mass is 16.6.